The smallest absolute Gasteiger partial charge is 0.137 e. The highest BCUT2D eigenvalue weighted by Crippen LogP contribution is 2.23. The number of nitrogens with one attached hydrogen (secondary N) is 1. The van der Waals surface area contributed by atoms with Crippen LogP contribution in [-0.2, 0) is 0 Å². The average Bonchev–Trinajstić information content (AvgIpc) is 2.31. The number of ether oxygens (including phenoxy) is 1. The van der Waals surface area contributed by atoms with Crippen molar-refractivity contribution in [2.24, 2.45) is 5.92 Å². The molecular weight excluding hydrogens is 234 g/mol. The highest BCUT2D eigenvalue weighted by Gasteiger charge is 2.13. The van der Waals surface area contributed by atoms with Gasteiger partial charge < -0.3 is 10.1 Å². The first-order valence-electron chi connectivity index (χ1n) is 6.25. The van der Waals surface area contributed by atoms with Crippen LogP contribution in [0.5, 0.6) is 5.75 Å². The van der Waals surface area contributed by atoms with Gasteiger partial charge in [-0.1, -0.05) is 44.5 Å². The van der Waals surface area contributed by atoms with E-state index in [0.29, 0.717) is 23.6 Å². The lowest BCUT2D eigenvalue weighted by molar-refractivity contribution is 0.230. The molecule has 0 fully saturated rings. The fourth-order valence-corrected chi connectivity index (χ4v) is 1.75. The predicted octanol–water partition coefficient (Wildman–Crippen LogP) is 3.74. The summed E-state index contributed by atoms with van der Waals surface area (Å²) in [4.78, 5) is 0. The lowest BCUT2D eigenvalue weighted by Crippen LogP contribution is -2.39. The Hall–Kier alpha value is -0.730. The van der Waals surface area contributed by atoms with E-state index in [1.165, 1.54) is 0 Å². The highest BCUT2D eigenvalue weighted by atomic mass is 35.5. The largest absolute Gasteiger partial charge is 0.490 e. The Morgan fingerprint density at radius 2 is 2.00 bits per heavy atom. The zero-order valence-corrected chi connectivity index (χ0v) is 11.6. The molecule has 0 heterocycles. The van der Waals surface area contributed by atoms with Crippen LogP contribution >= 0.6 is 11.6 Å². The van der Waals surface area contributed by atoms with Gasteiger partial charge in [0.25, 0.3) is 0 Å². The van der Waals surface area contributed by atoms with E-state index in [9.17, 15) is 0 Å². The molecule has 0 aliphatic heterocycles. The lowest BCUT2D eigenvalue weighted by atomic mass is 10.1. The molecule has 0 aromatic heterocycles. The Morgan fingerprint density at radius 1 is 1.29 bits per heavy atom. The fourth-order valence-electron chi connectivity index (χ4n) is 1.56. The molecule has 17 heavy (non-hydrogen) atoms. The summed E-state index contributed by atoms with van der Waals surface area (Å²) < 4.78 is 5.76. The van der Waals surface area contributed by atoms with Gasteiger partial charge in [0.1, 0.15) is 12.4 Å². The van der Waals surface area contributed by atoms with E-state index in [4.69, 9.17) is 16.3 Å². The number of rotatable bonds is 7. The van der Waals surface area contributed by atoms with Crippen LogP contribution in [0.2, 0.25) is 5.02 Å². The maximum Gasteiger partial charge on any atom is 0.137 e. The predicted molar refractivity (Wildman–Crippen MR) is 73.9 cm³/mol. The number of para-hydroxylation sites is 1. The first-order valence-corrected chi connectivity index (χ1v) is 6.63. The van der Waals surface area contributed by atoms with Crippen LogP contribution in [0.25, 0.3) is 0 Å². The molecule has 0 bridgehead atoms. The Balaban J connectivity index is 2.49. The molecule has 1 atom stereocenters. The average molecular weight is 256 g/mol. The summed E-state index contributed by atoms with van der Waals surface area (Å²) in [5.74, 6) is 1.31. The SMILES string of the molecule is CCCNC(COc1ccccc1Cl)C(C)C. The topological polar surface area (TPSA) is 21.3 Å². The van der Waals surface area contributed by atoms with Crippen molar-refractivity contribution in [3.8, 4) is 5.75 Å². The van der Waals surface area contributed by atoms with Crippen molar-refractivity contribution in [2.75, 3.05) is 13.2 Å². The van der Waals surface area contributed by atoms with Crippen LogP contribution < -0.4 is 10.1 Å². The van der Waals surface area contributed by atoms with E-state index in [2.05, 4.69) is 26.1 Å². The lowest BCUT2D eigenvalue weighted by Gasteiger charge is -2.22. The van der Waals surface area contributed by atoms with E-state index >= 15 is 0 Å². The van der Waals surface area contributed by atoms with Gasteiger partial charge in [0.05, 0.1) is 5.02 Å². The van der Waals surface area contributed by atoms with Crippen molar-refractivity contribution in [2.45, 2.75) is 33.2 Å². The van der Waals surface area contributed by atoms with Crippen molar-refractivity contribution in [3.63, 3.8) is 0 Å². The van der Waals surface area contributed by atoms with Gasteiger partial charge in [-0.2, -0.15) is 0 Å². The van der Waals surface area contributed by atoms with Gasteiger partial charge in [0.2, 0.25) is 0 Å². The van der Waals surface area contributed by atoms with Gasteiger partial charge in [-0.15, -0.1) is 0 Å². The van der Waals surface area contributed by atoms with Crippen molar-refractivity contribution in [1.82, 2.24) is 5.32 Å². The summed E-state index contributed by atoms with van der Waals surface area (Å²) in [7, 11) is 0. The molecule has 1 N–H and O–H groups in total. The minimum Gasteiger partial charge on any atom is -0.490 e. The van der Waals surface area contributed by atoms with Crippen LogP contribution in [0.3, 0.4) is 0 Å². The maximum atomic E-state index is 6.05. The van der Waals surface area contributed by atoms with Gasteiger partial charge in [-0.05, 0) is 31.0 Å². The third-order valence-electron chi connectivity index (χ3n) is 2.72. The van der Waals surface area contributed by atoms with Crippen molar-refractivity contribution >= 4 is 11.6 Å². The van der Waals surface area contributed by atoms with Crippen molar-refractivity contribution in [1.29, 1.82) is 0 Å². The standard InChI is InChI=1S/C14H22ClNO/c1-4-9-16-13(11(2)3)10-17-14-8-6-5-7-12(14)15/h5-8,11,13,16H,4,9-10H2,1-3H3. The summed E-state index contributed by atoms with van der Waals surface area (Å²) in [5.41, 5.74) is 0. The van der Waals surface area contributed by atoms with Gasteiger partial charge in [0.15, 0.2) is 0 Å². The molecule has 1 rings (SSSR count). The molecule has 0 spiro atoms. The number of hydrogen-bond acceptors (Lipinski definition) is 2. The zero-order valence-electron chi connectivity index (χ0n) is 10.9. The van der Waals surface area contributed by atoms with Crippen LogP contribution in [0.1, 0.15) is 27.2 Å². The minimum absolute atomic E-state index is 0.367. The Morgan fingerprint density at radius 3 is 2.59 bits per heavy atom. The molecule has 2 nitrogen and oxygen atoms in total. The first kappa shape index (κ1) is 14.3. The van der Waals surface area contributed by atoms with E-state index in [0.717, 1.165) is 18.7 Å². The van der Waals surface area contributed by atoms with Crippen LogP contribution in [0.15, 0.2) is 24.3 Å². The maximum absolute atomic E-state index is 6.05. The molecule has 0 saturated carbocycles. The zero-order chi connectivity index (χ0) is 12.7. The number of benzene rings is 1. The summed E-state index contributed by atoms with van der Waals surface area (Å²) in [5, 5.41) is 4.16. The van der Waals surface area contributed by atoms with E-state index in [-0.39, 0.29) is 0 Å². The molecule has 0 amide bonds. The van der Waals surface area contributed by atoms with Crippen LogP contribution in [0, 0.1) is 5.92 Å². The third kappa shape index (κ3) is 4.97. The monoisotopic (exact) mass is 255 g/mol. The van der Waals surface area contributed by atoms with Crippen LogP contribution in [0.4, 0.5) is 0 Å². The molecule has 1 unspecified atom stereocenters. The van der Waals surface area contributed by atoms with Gasteiger partial charge >= 0.3 is 0 Å². The molecule has 0 saturated heterocycles. The molecule has 1 aromatic rings. The van der Waals surface area contributed by atoms with Crippen molar-refractivity contribution in [3.05, 3.63) is 29.3 Å². The molecule has 0 aliphatic rings. The van der Waals surface area contributed by atoms with Crippen molar-refractivity contribution < 1.29 is 4.74 Å². The van der Waals surface area contributed by atoms with E-state index in [1.807, 2.05) is 24.3 Å². The van der Waals surface area contributed by atoms with Gasteiger partial charge in [0, 0.05) is 6.04 Å². The second-order valence-corrected chi connectivity index (χ2v) is 4.95. The minimum atomic E-state index is 0.367. The Bertz CT molecular complexity index is 328. The van der Waals surface area contributed by atoms with Gasteiger partial charge in [-0.3, -0.25) is 0 Å². The van der Waals surface area contributed by atoms with E-state index < -0.39 is 0 Å². The fraction of sp³-hybridized carbons (Fsp3) is 0.571. The second-order valence-electron chi connectivity index (χ2n) is 4.55. The molecule has 0 aliphatic carbocycles. The summed E-state index contributed by atoms with van der Waals surface area (Å²) in [6.45, 7) is 8.24. The van der Waals surface area contributed by atoms with E-state index in [1.54, 1.807) is 0 Å². The molecule has 3 heteroatoms. The molecule has 1 aromatic carbocycles. The molecular formula is C14H22ClNO. The molecule has 0 radical (unpaired) electrons. The summed E-state index contributed by atoms with van der Waals surface area (Å²) >= 11 is 6.05. The summed E-state index contributed by atoms with van der Waals surface area (Å²) in [6.07, 6.45) is 1.13. The number of hydrogen-bond donors (Lipinski definition) is 1. The first-order chi connectivity index (χ1) is 8.15. The normalized spacial score (nSPS) is 12.8. The Labute approximate surface area is 109 Å². The van der Waals surface area contributed by atoms with Crippen LogP contribution in [-0.4, -0.2) is 19.2 Å². The Kier molecular flexibility index (Phi) is 6.38. The highest BCUT2D eigenvalue weighted by molar-refractivity contribution is 6.32. The number of halogens is 1. The second kappa shape index (κ2) is 7.57. The van der Waals surface area contributed by atoms with Gasteiger partial charge in [-0.25, -0.2) is 0 Å². The molecule has 96 valence electrons. The quantitative estimate of drug-likeness (QED) is 0.801. The summed E-state index contributed by atoms with van der Waals surface area (Å²) in [6, 6.07) is 7.96. The third-order valence-corrected chi connectivity index (χ3v) is 3.03.